The minimum absolute atomic E-state index is 0.423. The summed E-state index contributed by atoms with van der Waals surface area (Å²) in [4.78, 5) is 0. The van der Waals surface area contributed by atoms with Gasteiger partial charge in [-0.15, -0.1) is 0 Å². The van der Waals surface area contributed by atoms with E-state index in [1.165, 1.54) is 12.8 Å². The quantitative estimate of drug-likeness (QED) is 0.561. The summed E-state index contributed by atoms with van der Waals surface area (Å²) in [5.41, 5.74) is 0. The van der Waals surface area contributed by atoms with Crippen LogP contribution < -0.4 is 0 Å². The maximum Gasteiger partial charge on any atom is 0.0802 e. The molecule has 12 heavy (non-hydrogen) atoms. The van der Waals surface area contributed by atoms with Gasteiger partial charge in [0.25, 0.3) is 0 Å². The van der Waals surface area contributed by atoms with Gasteiger partial charge in [0, 0.05) is 0 Å². The van der Waals surface area contributed by atoms with E-state index in [1.54, 1.807) is 0 Å². The molecule has 0 radical (unpaired) electrons. The first-order valence-electron chi connectivity index (χ1n) is 5.13. The van der Waals surface area contributed by atoms with Crippen LogP contribution in [0.4, 0.5) is 0 Å². The van der Waals surface area contributed by atoms with E-state index in [1.807, 2.05) is 0 Å². The Morgan fingerprint density at radius 1 is 0.667 bits per heavy atom. The predicted octanol–water partition coefficient (Wildman–Crippen LogP) is 0.774. The second-order valence-corrected chi connectivity index (χ2v) is 4.84. The number of hydrogen-bond donors (Lipinski definition) is 2. The standard InChI is InChI=1S/C10H16O2/c11-9-3-7-5-1-2-6(5)8(7)4-10(9)12/h5-12H,1-4H2/t5?,6?,7?,8?,9-,10?/m0/s1. The first-order valence-corrected chi connectivity index (χ1v) is 5.13. The number of aliphatic hydroxyl groups excluding tert-OH is 2. The molecule has 3 fully saturated rings. The van der Waals surface area contributed by atoms with Gasteiger partial charge in [-0.05, 0) is 49.4 Å². The lowest BCUT2D eigenvalue weighted by molar-refractivity contribution is -0.178. The van der Waals surface area contributed by atoms with Crippen molar-refractivity contribution in [1.29, 1.82) is 0 Å². The third kappa shape index (κ3) is 0.728. The highest BCUT2D eigenvalue weighted by Crippen LogP contribution is 2.62. The van der Waals surface area contributed by atoms with Gasteiger partial charge in [0.05, 0.1) is 12.2 Å². The molecule has 3 saturated carbocycles. The maximum atomic E-state index is 9.48. The average Bonchev–Trinajstić information content (AvgIpc) is 1.98. The zero-order valence-corrected chi connectivity index (χ0v) is 7.19. The van der Waals surface area contributed by atoms with Crippen LogP contribution in [-0.2, 0) is 0 Å². The molecule has 0 aromatic heterocycles. The lowest BCUT2D eigenvalue weighted by atomic mass is 9.43. The average molecular weight is 168 g/mol. The Labute approximate surface area is 72.6 Å². The van der Waals surface area contributed by atoms with Crippen molar-refractivity contribution in [1.82, 2.24) is 0 Å². The van der Waals surface area contributed by atoms with Gasteiger partial charge in [-0.3, -0.25) is 0 Å². The molecular weight excluding hydrogens is 152 g/mol. The van der Waals surface area contributed by atoms with Crippen LogP contribution >= 0.6 is 0 Å². The number of rotatable bonds is 0. The minimum atomic E-state index is -0.423. The van der Waals surface area contributed by atoms with E-state index in [4.69, 9.17) is 0 Å². The zero-order valence-electron chi connectivity index (χ0n) is 7.19. The molecule has 2 heteroatoms. The van der Waals surface area contributed by atoms with Gasteiger partial charge in [-0.1, -0.05) is 0 Å². The molecule has 68 valence electrons. The molecular formula is C10H16O2. The molecule has 3 aliphatic carbocycles. The molecule has 2 N–H and O–H groups in total. The lowest BCUT2D eigenvalue weighted by Crippen LogP contribution is -2.59. The molecule has 2 nitrogen and oxygen atoms in total. The van der Waals surface area contributed by atoms with Gasteiger partial charge in [0.15, 0.2) is 0 Å². The molecule has 0 heterocycles. The largest absolute Gasteiger partial charge is 0.390 e. The fraction of sp³-hybridized carbons (Fsp3) is 1.00. The maximum absolute atomic E-state index is 9.48. The summed E-state index contributed by atoms with van der Waals surface area (Å²) in [6.45, 7) is 0. The lowest BCUT2D eigenvalue weighted by Gasteiger charge is -2.63. The molecule has 5 unspecified atom stereocenters. The topological polar surface area (TPSA) is 40.5 Å². The summed E-state index contributed by atoms with van der Waals surface area (Å²) in [5, 5.41) is 19.0. The Kier molecular flexibility index (Phi) is 1.37. The van der Waals surface area contributed by atoms with Gasteiger partial charge >= 0.3 is 0 Å². The summed E-state index contributed by atoms with van der Waals surface area (Å²) in [5.74, 6) is 3.39. The van der Waals surface area contributed by atoms with Crippen LogP contribution in [0.15, 0.2) is 0 Å². The van der Waals surface area contributed by atoms with Crippen LogP contribution in [0.3, 0.4) is 0 Å². The first-order chi connectivity index (χ1) is 5.77. The van der Waals surface area contributed by atoms with Crippen LogP contribution in [0.2, 0.25) is 0 Å². The van der Waals surface area contributed by atoms with Crippen LogP contribution in [0.25, 0.3) is 0 Å². The fourth-order valence-corrected chi connectivity index (χ4v) is 3.68. The zero-order chi connectivity index (χ0) is 8.29. The van der Waals surface area contributed by atoms with Crippen molar-refractivity contribution in [3.05, 3.63) is 0 Å². The predicted molar refractivity (Wildman–Crippen MR) is 44.4 cm³/mol. The summed E-state index contributed by atoms with van der Waals surface area (Å²) in [7, 11) is 0. The van der Waals surface area contributed by atoms with Gasteiger partial charge in [0.1, 0.15) is 0 Å². The van der Waals surface area contributed by atoms with Gasteiger partial charge in [-0.2, -0.15) is 0 Å². The normalized spacial score (nSPS) is 62.5. The molecule has 0 aromatic carbocycles. The molecule has 0 bridgehead atoms. The summed E-state index contributed by atoms with van der Waals surface area (Å²) < 4.78 is 0. The van der Waals surface area contributed by atoms with Gasteiger partial charge in [-0.25, -0.2) is 0 Å². The summed E-state index contributed by atoms with van der Waals surface area (Å²) >= 11 is 0. The Hall–Kier alpha value is -0.0800. The van der Waals surface area contributed by atoms with Crippen LogP contribution in [0.1, 0.15) is 25.7 Å². The molecule has 3 rings (SSSR count). The fourth-order valence-electron chi connectivity index (χ4n) is 3.68. The highest BCUT2D eigenvalue weighted by molar-refractivity contribution is 5.07. The Morgan fingerprint density at radius 2 is 1.08 bits per heavy atom. The molecule has 0 aliphatic heterocycles. The van der Waals surface area contributed by atoms with E-state index in [0.29, 0.717) is 0 Å². The molecule has 0 amide bonds. The highest BCUT2D eigenvalue weighted by atomic mass is 16.3. The van der Waals surface area contributed by atoms with Crippen LogP contribution in [-0.4, -0.2) is 22.4 Å². The van der Waals surface area contributed by atoms with Crippen molar-refractivity contribution in [2.45, 2.75) is 37.9 Å². The molecule has 3 aliphatic rings. The van der Waals surface area contributed by atoms with Crippen molar-refractivity contribution < 1.29 is 10.2 Å². The Balaban J connectivity index is 1.74. The molecule has 0 aromatic rings. The Morgan fingerprint density at radius 3 is 1.42 bits per heavy atom. The monoisotopic (exact) mass is 168 g/mol. The minimum Gasteiger partial charge on any atom is -0.390 e. The molecule has 6 atom stereocenters. The van der Waals surface area contributed by atoms with Gasteiger partial charge < -0.3 is 10.2 Å². The number of hydrogen-bond acceptors (Lipinski definition) is 2. The second kappa shape index (κ2) is 2.24. The van der Waals surface area contributed by atoms with E-state index in [9.17, 15) is 10.2 Å². The van der Waals surface area contributed by atoms with E-state index >= 15 is 0 Å². The smallest absolute Gasteiger partial charge is 0.0802 e. The summed E-state index contributed by atoms with van der Waals surface area (Å²) in [6, 6.07) is 0. The van der Waals surface area contributed by atoms with E-state index in [-0.39, 0.29) is 0 Å². The second-order valence-electron chi connectivity index (χ2n) is 4.84. The summed E-state index contributed by atoms with van der Waals surface area (Å²) in [6.07, 6.45) is 3.66. The van der Waals surface area contributed by atoms with Crippen LogP contribution in [0, 0.1) is 23.7 Å². The SMILES string of the molecule is OC1CC2C3CCC3C2C[C@@H]1O. The van der Waals surface area contributed by atoms with Crippen molar-refractivity contribution in [2.24, 2.45) is 23.7 Å². The van der Waals surface area contributed by atoms with Gasteiger partial charge in [0.2, 0.25) is 0 Å². The first kappa shape index (κ1) is 7.34. The third-order valence-corrected chi connectivity index (χ3v) is 4.50. The molecule has 0 saturated heterocycles. The van der Waals surface area contributed by atoms with E-state index < -0.39 is 12.2 Å². The van der Waals surface area contributed by atoms with Crippen LogP contribution in [0.5, 0.6) is 0 Å². The van der Waals surface area contributed by atoms with E-state index in [2.05, 4.69) is 0 Å². The van der Waals surface area contributed by atoms with E-state index in [0.717, 1.165) is 36.5 Å². The van der Waals surface area contributed by atoms with Crippen molar-refractivity contribution in [3.63, 3.8) is 0 Å². The van der Waals surface area contributed by atoms with Crippen molar-refractivity contribution in [2.75, 3.05) is 0 Å². The van der Waals surface area contributed by atoms with Crippen molar-refractivity contribution >= 4 is 0 Å². The Bertz CT molecular complexity index is 182. The highest BCUT2D eigenvalue weighted by Gasteiger charge is 2.57. The van der Waals surface area contributed by atoms with Crippen molar-refractivity contribution in [3.8, 4) is 0 Å². The molecule has 0 spiro atoms. The third-order valence-electron chi connectivity index (χ3n) is 4.50. The number of fused-ring (bicyclic) bond motifs is 4. The number of aliphatic hydroxyl groups is 2.